The molecule has 0 radical (unpaired) electrons. The van der Waals surface area contributed by atoms with E-state index >= 15 is 0 Å². The molecule has 0 amide bonds. The number of hydrogen-bond acceptors (Lipinski definition) is 7. The highest BCUT2D eigenvalue weighted by Crippen LogP contribution is 2.20. The summed E-state index contributed by atoms with van der Waals surface area (Å²) < 4.78 is 0. The zero-order valence-electron chi connectivity index (χ0n) is 14.1. The number of hydrogen-bond donors (Lipinski definition) is 0. The van der Waals surface area contributed by atoms with Crippen molar-refractivity contribution in [2.24, 2.45) is 5.16 Å². The predicted molar refractivity (Wildman–Crippen MR) is 110 cm³/mol. The van der Waals surface area contributed by atoms with Crippen molar-refractivity contribution in [3.05, 3.63) is 80.8 Å². The maximum absolute atomic E-state index is 12.0. The Hall–Kier alpha value is -2.19. The summed E-state index contributed by atoms with van der Waals surface area (Å²) in [6.45, 7) is 0. The minimum absolute atomic E-state index is 0.0848. The summed E-state index contributed by atoms with van der Waals surface area (Å²) in [5.41, 5.74) is 1.73. The molecular weight excluding hydrogens is 443 g/mol. The number of rotatable bonds is 6. The van der Waals surface area contributed by atoms with Gasteiger partial charge in [-0.05, 0) is 35.9 Å². The Morgan fingerprint density at radius 2 is 1.79 bits per heavy atom. The molecule has 2 aromatic heterocycles. The van der Waals surface area contributed by atoms with Crippen LogP contribution in [0.2, 0.25) is 15.3 Å². The van der Waals surface area contributed by atoms with Crippen molar-refractivity contribution in [1.82, 2.24) is 15.0 Å². The molecule has 6 nitrogen and oxygen atoms in total. The molecule has 142 valence electrons. The number of aromatic nitrogens is 3. The quantitative estimate of drug-likeness (QED) is 0.126. The lowest BCUT2D eigenvalue weighted by Crippen LogP contribution is -2.02. The van der Waals surface area contributed by atoms with Gasteiger partial charge in [-0.1, -0.05) is 63.9 Å². The second kappa shape index (κ2) is 9.84. The minimum Gasteiger partial charge on any atom is -0.313 e. The first-order chi connectivity index (χ1) is 13.5. The monoisotopic (exact) mass is 452 g/mol. The average Bonchev–Trinajstić information content (AvgIpc) is 2.67. The van der Waals surface area contributed by atoms with Crippen molar-refractivity contribution in [2.45, 2.75) is 10.9 Å². The summed E-state index contributed by atoms with van der Waals surface area (Å²) in [6.07, 6.45) is 2.92. The number of pyridine rings is 1. The lowest BCUT2D eigenvalue weighted by Gasteiger charge is -2.02. The predicted octanol–water partition coefficient (Wildman–Crippen LogP) is 5.32. The number of carbonyl (C=O) groups excluding carboxylic acids is 1. The van der Waals surface area contributed by atoms with Crippen LogP contribution in [0.15, 0.2) is 59.0 Å². The largest absolute Gasteiger partial charge is 0.365 e. The maximum Gasteiger partial charge on any atom is 0.365 e. The Bertz CT molecular complexity index is 996. The third kappa shape index (κ3) is 6.17. The molecule has 1 aromatic carbocycles. The molecule has 3 aromatic rings. The van der Waals surface area contributed by atoms with Gasteiger partial charge in [0.05, 0.1) is 17.5 Å². The summed E-state index contributed by atoms with van der Waals surface area (Å²) in [5.74, 6) is -0.0232. The van der Waals surface area contributed by atoms with Crippen molar-refractivity contribution < 1.29 is 9.63 Å². The van der Waals surface area contributed by atoms with Gasteiger partial charge >= 0.3 is 5.97 Å². The number of oxime groups is 1. The van der Waals surface area contributed by atoms with Crippen LogP contribution in [-0.2, 0) is 10.6 Å². The van der Waals surface area contributed by atoms with Gasteiger partial charge in [-0.15, -0.1) is 0 Å². The fraction of sp³-hybridized carbons (Fsp3) is 0.0556. The van der Waals surface area contributed by atoms with E-state index in [1.165, 1.54) is 30.1 Å². The second-order valence-corrected chi connectivity index (χ2v) is 7.45. The number of halogens is 3. The molecule has 0 aliphatic carbocycles. The molecule has 28 heavy (non-hydrogen) atoms. The van der Waals surface area contributed by atoms with Crippen molar-refractivity contribution in [3.8, 4) is 0 Å². The zero-order valence-corrected chi connectivity index (χ0v) is 17.1. The number of benzene rings is 1. The first-order valence-corrected chi connectivity index (χ1v) is 9.89. The fourth-order valence-corrected chi connectivity index (χ4v) is 3.37. The van der Waals surface area contributed by atoms with Crippen LogP contribution in [-0.4, -0.2) is 27.1 Å². The van der Waals surface area contributed by atoms with Crippen LogP contribution in [0.4, 0.5) is 0 Å². The standard InChI is InChI=1S/C18H11Cl3N4O2S/c19-13-3-1-11(2-4-13)10-28-18-22-6-5-14(24-18)9-23-27-17(26)12-7-15(20)25-16(21)8-12/h1-9H,10H2/b23-9-. The molecule has 0 N–H and O–H groups in total. The third-order valence-electron chi connectivity index (χ3n) is 3.26. The van der Waals surface area contributed by atoms with Gasteiger partial charge in [0, 0.05) is 17.0 Å². The van der Waals surface area contributed by atoms with Crippen molar-refractivity contribution in [2.75, 3.05) is 0 Å². The van der Waals surface area contributed by atoms with E-state index in [4.69, 9.17) is 39.6 Å². The Morgan fingerprint density at radius 1 is 1.07 bits per heavy atom. The molecule has 0 saturated carbocycles. The van der Waals surface area contributed by atoms with E-state index in [0.717, 1.165) is 5.56 Å². The highest BCUT2D eigenvalue weighted by Gasteiger charge is 2.10. The highest BCUT2D eigenvalue weighted by molar-refractivity contribution is 7.98. The number of nitrogens with zero attached hydrogens (tertiary/aromatic N) is 4. The van der Waals surface area contributed by atoms with Gasteiger partial charge in [0.25, 0.3) is 0 Å². The zero-order chi connectivity index (χ0) is 19.9. The van der Waals surface area contributed by atoms with Crippen molar-refractivity contribution in [1.29, 1.82) is 0 Å². The van der Waals surface area contributed by atoms with Crippen LogP contribution in [0, 0.1) is 0 Å². The van der Waals surface area contributed by atoms with Gasteiger partial charge in [0.1, 0.15) is 10.3 Å². The molecule has 3 rings (SSSR count). The lowest BCUT2D eigenvalue weighted by atomic mass is 10.2. The summed E-state index contributed by atoms with van der Waals surface area (Å²) in [6, 6.07) is 11.9. The molecule has 2 heterocycles. The molecule has 0 atom stereocenters. The van der Waals surface area contributed by atoms with E-state index in [0.29, 0.717) is 21.6 Å². The minimum atomic E-state index is -0.714. The first-order valence-electron chi connectivity index (χ1n) is 7.78. The third-order valence-corrected chi connectivity index (χ3v) is 4.83. The topological polar surface area (TPSA) is 77.3 Å². The molecule has 0 saturated heterocycles. The van der Waals surface area contributed by atoms with Gasteiger partial charge in [0.15, 0.2) is 5.16 Å². The highest BCUT2D eigenvalue weighted by atomic mass is 35.5. The smallest absolute Gasteiger partial charge is 0.313 e. The SMILES string of the molecule is O=C(O/N=C\c1ccnc(SCc2ccc(Cl)cc2)n1)c1cc(Cl)nc(Cl)c1. The van der Waals surface area contributed by atoms with Gasteiger partial charge in [-0.2, -0.15) is 0 Å². The van der Waals surface area contributed by atoms with E-state index in [9.17, 15) is 4.79 Å². The van der Waals surface area contributed by atoms with Crippen LogP contribution in [0.25, 0.3) is 0 Å². The Morgan fingerprint density at radius 3 is 2.50 bits per heavy atom. The van der Waals surface area contributed by atoms with E-state index < -0.39 is 5.97 Å². The van der Waals surface area contributed by atoms with Gasteiger partial charge in [0.2, 0.25) is 0 Å². The van der Waals surface area contributed by atoms with Crippen LogP contribution in [0.1, 0.15) is 21.6 Å². The van der Waals surface area contributed by atoms with Crippen molar-refractivity contribution in [3.63, 3.8) is 0 Å². The first kappa shape index (κ1) is 20.5. The van der Waals surface area contributed by atoms with Crippen molar-refractivity contribution >= 4 is 58.7 Å². The normalized spacial score (nSPS) is 11.0. The fourth-order valence-electron chi connectivity index (χ4n) is 1.99. The Kier molecular flexibility index (Phi) is 7.22. The van der Waals surface area contributed by atoms with E-state index in [1.54, 1.807) is 12.3 Å². The lowest BCUT2D eigenvalue weighted by molar-refractivity contribution is 0.0519. The summed E-state index contributed by atoms with van der Waals surface area (Å²) in [5, 5.41) is 5.08. The van der Waals surface area contributed by atoms with E-state index in [-0.39, 0.29) is 15.9 Å². The van der Waals surface area contributed by atoms with E-state index in [1.807, 2.05) is 24.3 Å². The molecule has 10 heteroatoms. The Labute approximate surface area is 179 Å². The van der Waals surface area contributed by atoms with Crippen LogP contribution < -0.4 is 0 Å². The van der Waals surface area contributed by atoms with Gasteiger partial charge in [-0.25, -0.2) is 19.7 Å². The average molecular weight is 454 g/mol. The van der Waals surface area contributed by atoms with E-state index in [2.05, 4.69) is 20.1 Å². The van der Waals surface area contributed by atoms with Gasteiger partial charge < -0.3 is 4.84 Å². The number of carbonyl (C=O) groups is 1. The molecule has 0 aliphatic heterocycles. The van der Waals surface area contributed by atoms with Crippen LogP contribution >= 0.6 is 46.6 Å². The molecule has 0 bridgehead atoms. The van der Waals surface area contributed by atoms with Crippen LogP contribution in [0.3, 0.4) is 0 Å². The molecule has 0 unspecified atom stereocenters. The van der Waals surface area contributed by atoms with Gasteiger partial charge in [-0.3, -0.25) is 0 Å². The summed E-state index contributed by atoms with van der Waals surface area (Å²) in [7, 11) is 0. The second-order valence-electron chi connectivity index (χ2n) is 5.29. The summed E-state index contributed by atoms with van der Waals surface area (Å²) in [4.78, 5) is 29.1. The molecular formula is C18H11Cl3N4O2S. The molecule has 0 fully saturated rings. The number of thioether (sulfide) groups is 1. The Balaban J connectivity index is 1.59. The summed E-state index contributed by atoms with van der Waals surface area (Å²) >= 11 is 18.9. The maximum atomic E-state index is 12.0. The van der Waals surface area contributed by atoms with Crippen LogP contribution in [0.5, 0.6) is 0 Å². The molecule has 0 aliphatic rings. The molecule has 0 spiro atoms.